The Morgan fingerprint density at radius 1 is 1.17 bits per heavy atom. The van der Waals surface area contributed by atoms with Crippen LogP contribution < -0.4 is 4.74 Å². The van der Waals surface area contributed by atoms with Gasteiger partial charge in [-0.25, -0.2) is 4.79 Å². The van der Waals surface area contributed by atoms with Gasteiger partial charge in [0.25, 0.3) is 5.89 Å². The Labute approximate surface area is 171 Å². The molecule has 3 heterocycles. The van der Waals surface area contributed by atoms with E-state index >= 15 is 0 Å². The largest absolute Gasteiger partial charge is 0.496 e. The van der Waals surface area contributed by atoms with Crippen molar-refractivity contribution in [1.82, 2.24) is 14.7 Å². The molecule has 0 bridgehead atoms. The quantitative estimate of drug-likeness (QED) is 0.434. The van der Waals surface area contributed by atoms with Crippen LogP contribution in [0.3, 0.4) is 0 Å². The number of nitrogens with zero attached hydrogens (tertiary/aromatic N) is 3. The van der Waals surface area contributed by atoms with E-state index in [9.17, 15) is 4.79 Å². The standard InChI is InChI=1S/C21H19N3O4S/c1-13-14(2)29-20(24-10-6-7-11-24)18(13)21(25)27-12-17-22-19(23-28-17)15-8-4-5-9-16(15)26-3/h4-11H,12H2,1-3H3. The monoisotopic (exact) mass is 409 g/mol. The van der Waals surface area contributed by atoms with E-state index in [4.69, 9.17) is 14.0 Å². The van der Waals surface area contributed by atoms with E-state index in [1.54, 1.807) is 18.4 Å². The molecule has 0 N–H and O–H groups in total. The Balaban J connectivity index is 1.53. The Hall–Kier alpha value is -3.39. The number of benzene rings is 1. The molecule has 148 valence electrons. The van der Waals surface area contributed by atoms with E-state index in [0.29, 0.717) is 22.7 Å². The van der Waals surface area contributed by atoms with Gasteiger partial charge in [-0.15, -0.1) is 11.3 Å². The fourth-order valence-electron chi connectivity index (χ4n) is 2.95. The Morgan fingerprint density at radius 2 is 1.93 bits per heavy atom. The minimum Gasteiger partial charge on any atom is -0.496 e. The van der Waals surface area contributed by atoms with E-state index < -0.39 is 5.97 Å². The number of carbonyl (C=O) groups excluding carboxylic acids is 1. The summed E-state index contributed by atoms with van der Waals surface area (Å²) in [6.07, 6.45) is 3.80. The molecule has 0 aliphatic rings. The molecule has 0 fully saturated rings. The number of thiophene rings is 1. The summed E-state index contributed by atoms with van der Waals surface area (Å²) >= 11 is 1.55. The minimum absolute atomic E-state index is 0.111. The fourth-order valence-corrected chi connectivity index (χ4v) is 4.06. The molecule has 0 spiro atoms. The van der Waals surface area contributed by atoms with Crippen LogP contribution in [-0.2, 0) is 11.3 Å². The fraction of sp³-hybridized carbons (Fsp3) is 0.190. The van der Waals surface area contributed by atoms with Crippen molar-refractivity contribution >= 4 is 17.3 Å². The zero-order valence-corrected chi connectivity index (χ0v) is 17.0. The first-order chi connectivity index (χ1) is 14.1. The number of ether oxygens (including phenoxy) is 2. The van der Waals surface area contributed by atoms with Crippen LogP contribution in [0.5, 0.6) is 5.75 Å². The van der Waals surface area contributed by atoms with Crippen LogP contribution in [0.1, 0.15) is 26.7 Å². The minimum atomic E-state index is -0.424. The van der Waals surface area contributed by atoms with Gasteiger partial charge in [0.15, 0.2) is 6.61 Å². The average Bonchev–Trinajstić information content (AvgIpc) is 3.48. The number of methoxy groups -OCH3 is 1. The third-order valence-corrected chi connectivity index (χ3v) is 5.77. The average molecular weight is 409 g/mol. The molecule has 7 nitrogen and oxygen atoms in total. The number of aryl methyl sites for hydroxylation is 1. The molecule has 3 aromatic heterocycles. The lowest BCUT2D eigenvalue weighted by Gasteiger charge is -2.06. The van der Waals surface area contributed by atoms with Gasteiger partial charge in [-0.05, 0) is 43.7 Å². The van der Waals surface area contributed by atoms with E-state index in [2.05, 4.69) is 10.1 Å². The van der Waals surface area contributed by atoms with Crippen LogP contribution >= 0.6 is 11.3 Å². The lowest BCUT2D eigenvalue weighted by molar-refractivity contribution is 0.0429. The molecule has 0 aliphatic carbocycles. The van der Waals surface area contributed by atoms with E-state index in [-0.39, 0.29) is 12.5 Å². The second-order valence-electron chi connectivity index (χ2n) is 6.34. The maximum absolute atomic E-state index is 12.8. The third kappa shape index (κ3) is 3.66. The molecular formula is C21H19N3O4S. The van der Waals surface area contributed by atoms with Gasteiger partial charge in [0.05, 0.1) is 18.2 Å². The molecule has 29 heavy (non-hydrogen) atoms. The molecular weight excluding hydrogens is 390 g/mol. The van der Waals surface area contributed by atoms with Gasteiger partial charge >= 0.3 is 5.97 Å². The topological polar surface area (TPSA) is 79.4 Å². The van der Waals surface area contributed by atoms with Crippen molar-refractivity contribution in [2.24, 2.45) is 0 Å². The van der Waals surface area contributed by atoms with Crippen molar-refractivity contribution in [2.45, 2.75) is 20.5 Å². The second kappa shape index (κ2) is 7.92. The van der Waals surface area contributed by atoms with Crippen LogP contribution in [-0.4, -0.2) is 27.8 Å². The molecule has 0 aliphatic heterocycles. The first kappa shape index (κ1) is 18.9. The number of esters is 1. The first-order valence-corrected chi connectivity index (χ1v) is 9.76. The Morgan fingerprint density at radius 3 is 2.69 bits per heavy atom. The molecule has 0 atom stereocenters. The maximum Gasteiger partial charge on any atom is 0.341 e. The number of carbonyl (C=O) groups is 1. The highest BCUT2D eigenvalue weighted by molar-refractivity contribution is 7.15. The predicted octanol–water partition coefficient (Wildman–Crippen LogP) is 4.57. The summed E-state index contributed by atoms with van der Waals surface area (Å²) < 4.78 is 18.0. The zero-order chi connectivity index (χ0) is 20.4. The second-order valence-corrected chi connectivity index (χ2v) is 7.55. The van der Waals surface area contributed by atoms with Gasteiger partial charge in [0.2, 0.25) is 5.82 Å². The number of rotatable bonds is 6. The van der Waals surface area contributed by atoms with Gasteiger partial charge in [0.1, 0.15) is 10.8 Å². The normalized spacial score (nSPS) is 10.9. The molecule has 0 amide bonds. The molecule has 0 saturated heterocycles. The summed E-state index contributed by atoms with van der Waals surface area (Å²) in [5.41, 5.74) is 2.16. The summed E-state index contributed by atoms with van der Waals surface area (Å²) in [5.74, 6) is 0.806. The summed E-state index contributed by atoms with van der Waals surface area (Å²) in [7, 11) is 1.58. The predicted molar refractivity (Wildman–Crippen MR) is 109 cm³/mol. The first-order valence-electron chi connectivity index (χ1n) is 8.95. The van der Waals surface area contributed by atoms with Crippen molar-refractivity contribution in [3.63, 3.8) is 0 Å². The van der Waals surface area contributed by atoms with E-state index in [1.165, 1.54) is 0 Å². The lowest BCUT2D eigenvalue weighted by Crippen LogP contribution is -2.09. The van der Waals surface area contributed by atoms with Gasteiger partial charge in [0, 0.05) is 17.3 Å². The molecule has 4 rings (SSSR count). The highest BCUT2D eigenvalue weighted by Gasteiger charge is 2.23. The van der Waals surface area contributed by atoms with Gasteiger partial charge in [-0.1, -0.05) is 17.3 Å². The third-order valence-electron chi connectivity index (χ3n) is 4.55. The summed E-state index contributed by atoms with van der Waals surface area (Å²) in [4.78, 5) is 18.2. The van der Waals surface area contributed by atoms with E-state index in [0.717, 1.165) is 15.4 Å². The Bertz CT molecular complexity index is 1140. The SMILES string of the molecule is COc1ccccc1-c1noc(COC(=O)c2c(-n3cccc3)sc(C)c2C)n1. The number of aromatic nitrogens is 3. The number of hydrogen-bond acceptors (Lipinski definition) is 7. The molecule has 0 saturated carbocycles. The number of para-hydroxylation sites is 1. The van der Waals surface area contributed by atoms with Crippen molar-refractivity contribution in [3.05, 3.63) is 70.7 Å². The molecule has 0 unspecified atom stereocenters. The Kier molecular flexibility index (Phi) is 5.18. The van der Waals surface area contributed by atoms with Crippen molar-refractivity contribution in [3.8, 4) is 22.1 Å². The van der Waals surface area contributed by atoms with Crippen molar-refractivity contribution < 1.29 is 18.8 Å². The van der Waals surface area contributed by atoms with Crippen LogP contribution in [0.4, 0.5) is 0 Å². The summed E-state index contributed by atoms with van der Waals surface area (Å²) in [6, 6.07) is 11.2. The van der Waals surface area contributed by atoms with E-state index in [1.807, 2.05) is 67.2 Å². The van der Waals surface area contributed by atoms with Gasteiger partial charge in [-0.2, -0.15) is 4.98 Å². The van der Waals surface area contributed by atoms with Gasteiger partial charge in [-0.3, -0.25) is 0 Å². The van der Waals surface area contributed by atoms with Crippen LogP contribution in [0, 0.1) is 13.8 Å². The molecule has 0 radical (unpaired) electrons. The van der Waals surface area contributed by atoms with Crippen LogP contribution in [0.25, 0.3) is 16.4 Å². The summed E-state index contributed by atoms with van der Waals surface area (Å²) in [6.45, 7) is 3.80. The molecule has 4 aromatic rings. The highest BCUT2D eigenvalue weighted by atomic mass is 32.1. The maximum atomic E-state index is 12.8. The van der Waals surface area contributed by atoms with Crippen molar-refractivity contribution in [2.75, 3.05) is 7.11 Å². The molecule has 8 heteroatoms. The summed E-state index contributed by atoms with van der Waals surface area (Å²) in [5, 5.41) is 4.80. The van der Waals surface area contributed by atoms with Crippen molar-refractivity contribution in [1.29, 1.82) is 0 Å². The number of hydrogen-bond donors (Lipinski definition) is 0. The lowest BCUT2D eigenvalue weighted by atomic mass is 10.1. The van der Waals surface area contributed by atoms with Crippen LogP contribution in [0.15, 0.2) is 53.3 Å². The van der Waals surface area contributed by atoms with Crippen LogP contribution in [0.2, 0.25) is 0 Å². The zero-order valence-electron chi connectivity index (χ0n) is 16.2. The highest BCUT2D eigenvalue weighted by Crippen LogP contribution is 2.32. The molecule has 1 aromatic carbocycles. The smallest absolute Gasteiger partial charge is 0.341 e. The van der Waals surface area contributed by atoms with Gasteiger partial charge < -0.3 is 18.6 Å².